The molecule has 2 rings (SSSR count). The summed E-state index contributed by atoms with van der Waals surface area (Å²) >= 11 is 0. The number of phenolic OH excluding ortho intramolecular Hbond substituents is 1. The predicted octanol–water partition coefficient (Wildman–Crippen LogP) is 3.83. The van der Waals surface area contributed by atoms with Gasteiger partial charge in [0, 0.05) is 12.6 Å². The summed E-state index contributed by atoms with van der Waals surface area (Å²) in [5.41, 5.74) is 2.75. The van der Waals surface area contributed by atoms with Crippen LogP contribution in [0.4, 0.5) is 8.78 Å². The minimum Gasteiger partial charge on any atom is -0.503 e. The fourth-order valence-corrected chi connectivity index (χ4v) is 1.96. The molecule has 0 spiro atoms. The Hall–Kier alpha value is -1.94. The first-order valence-electron chi connectivity index (χ1n) is 6.44. The van der Waals surface area contributed by atoms with Gasteiger partial charge in [0.15, 0.2) is 17.4 Å². The summed E-state index contributed by atoms with van der Waals surface area (Å²) in [5, 5.41) is 12.2. The van der Waals surface area contributed by atoms with Crippen LogP contribution in [0.3, 0.4) is 0 Å². The van der Waals surface area contributed by atoms with Gasteiger partial charge in [-0.2, -0.15) is 0 Å². The van der Waals surface area contributed by atoms with Crippen LogP contribution in [0.1, 0.15) is 29.7 Å². The fraction of sp³-hybridized carbons (Fsp3) is 0.250. The van der Waals surface area contributed by atoms with Gasteiger partial charge in [0.2, 0.25) is 0 Å². The molecule has 0 aliphatic heterocycles. The first kappa shape index (κ1) is 14.5. The maximum Gasteiger partial charge on any atom is 0.187 e. The van der Waals surface area contributed by atoms with Crippen LogP contribution in [0.5, 0.6) is 5.75 Å². The van der Waals surface area contributed by atoms with E-state index in [1.807, 2.05) is 38.1 Å². The van der Waals surface area contributed by atoms with Crippen molar-refractivity contribution < 1.29 is 13.9 Å². The maximum absolute atomic E-state index is 13.2. The Labute approximate surface area is 117 Å². The van der Waals surface area contributed by atoms with Crippen molar-refractivity contribution in [3.05, 3.63) is 64.7 Å². The topological polar surface area (TPSA) is 32.3 Å². The maximum atomic E-state index is 13.2. The van der Waals surface area contributed by atoms with Crippen LogP contribution in [0.2, 0.25) is 0 Å². The second-order valence-electron chi connectivity index (χ2n) is 4.92. The van der Waals surface area contributed by atoms with Crippen molar-refractivity contribution in [3.63, 3.8) is 0 Å². The lowest BCUT2D eigenvalue weighted by molar-refractivity contribution is 0.394. The molecule has 0 saturated carbocycles. The van der Waals surface area contributed by atoms with Gasteiger partial charge in [-0.15, -0.1) is 0 Å². The fourth-order valence-electron chi connectivity index (χ4n) is 1.96. The summed E-state index contributed by atoms with van der Waals surface area (Å²) < 4.78 is 26.4. The van der Waals surface area contributed by atoms with Crippen molar-refractivity contribution in [1.29, 1.82) is 0 Å². The Bertz CT molecular complexity index is 573. The number of rotatable bonds is 4. The lowest BCUT2D eigenvalue weighted by Gasteiger charge is -2.15. The third kappa shape index (κ3) is 3.33. The Morgan fingerprint density at radius 2 is 1.65 bits per heavy atom. The summed E-state index contributed by atoms with van der Waals surface area (Å²) in [7, 11) is 0. The number of halogens is 2. The normalized spacial score (nSPS) is 12.4. The highest BCUT2D eigenvalue weighted by Gasteiger charge is 2.10. The molecule has 0 radical (unpaired) electrons. The predicted molar refractivity (Wildman–Crippen MR) is 74.5 cm³/mol. The zero-order valence-electron chi connectivity index (χ0n) is 11.5. The van der Waals surface area contributed by atoms with Crippen molar-refractivity contribution in [2.24, 2.45) is 0 Å². The Balaban J connectivity index is 2.03. The summed E-state index contributed by atoms with van der Waals surface area (Å²) in [6.07, 6.45) is 0. The van der Waals surface area contributed by atoms with E-state index in [-0.39, 0.29) is 6.04 Å². The molecule has 20 heavy (non-hydrogen) atoms. The average molecular weight is 277 g/mol. The molecule has 0 amide bonds. The van der Waals surface area contributed by atoms with Crippen LogP contribution < -0.4 is 5.32 Å². The van der Waals surface area contributed by atoms with E-state index in [4.69, 9.17) is 5.11 Å². The van der Waals surface area contributed by atoms with Crippen LogP contribution in [0.25, 0.3) is 0 Å². The molecular weight excluding hydrogens is 260 g/mol. The highest BCUT2D eigenvalue weighted by molar-refractivity contribution is 5.30. The molecule has 1 atom stereocenters. The SMILES string of the molecule is Cc1ccc([C@H](C)NCc2cc(F)c(O)c(F)c2)cc1. The van der Waals surface area contributed by atoms with Crippen molar-refractivity contribution >= 4 is 0 Å². The zero-order chi connectivity index (χ0) is 14.7. The third-order valence-electron chi connectivity index (χ3n) is 3.27. The summed E-state index contributed by atoms with van der Waals surface area (Å²) in [6.45, 7) is 4.32. The smallest absolute Gasteiger partial charge is 0.187 e. The molecular formula is C16H17F2NO. The van der Waals surface area contributed by atoms with Crippen molar-refractivity contribution in [1.82, 2.24) is 5.32 Å². The van der Waals surface area contributed by atoms with Gasteiger partial charge >= 0.3 is 0 Å². The van der Waals surface area contributed by atoms with E-state index in [1.54, 1.807) is 0 Å². The van der Waals surface area contributed by atoms with Crippen LogP contribution in [-0.2, 0) is 6.54 Å². The first-order valence-corrected chi connectivity index (χ1v) is 6.44. The number of aromatic hydroxyl groups is 1. The second-order valence-corrected chi connectivity index (χ2v) is 4.92. The molecule has 0 aliphatic rings. The largest absolute Gasteiger partial charge is 0.503 e. The van der Waals surface area contributed by atoms with E-state index in [1.165, 1.54) is 5.56 Å². The van der Waals surface area contributed by atoms with Crippen molar-refractivity contribution in [2.45, 2.75) is 26.4 Å². The molecule has 2 nitrogen and oxygen atoms in total. The van der Waals surface area contributed by atoms with Gasteiger partial charge in [0.05, 0.1) is 0 Å². The Morgan fingerprint density at radius 3 is 2.20 bits per heavy atom. The quantitative estimate of drug-likeness (QED) is 0.890. The van der Waals surface area contributed by atoms with Crippen LogP contribution >= 0.6 is 0 Å². The Morgan fingerprint density at radius 1 is 1.10 bits per heavy atom. The van der Waals surface area contributed by atoms with Gasteiger partial charge in [-0.25, -0.2) is 8.78 Å². The number of hydrogen-bond acceptors (Lipinski definition) is 2. The number of benzene rings is 2. The van der Waals surface area contributed by atoms with E-state index in [0.29, 0.717) is 12.1 Å². The molecule has 0 fully saturated rings. The summed E-state index contributed by atoms with van der Waals surface area (Å²) in [5.74, 6) is -2.81. The molecule has 0 saturated heterocycles. The van der Waals surface area contributed by atoms with Crippen LogP contribution in [0, 0.1) is 18.6 Å². The number of nitrogens with one attached hydrogen (secondary N) is 1. The minimum absolute atomic E-state index is 0.0653. The molecule has 0 bridgehead atoms. The van der Waals surface area contributed by atoms with Gasteiger partial charge in [0.25, 0.3) is 0 Å². The van der Waals surface area contributed by atoms with Gasteiger partial charge in [-0.05, 0) is 37.1 Å². The molecule has 2 aromatic rings. The second kappa shape index (κ2) is 6.01. The number of aryl methyl sites for hydroxylation is 1. The van der Waals surface area contributed by atoms with E-state index in [2.05, 4.69) is 5.32 Å². The van der Waals surface area contributed by atoms with E-state index >= 15 is 0 Å². The van der Waals surface area contributed by atoms with Crippen LogP contribution in [-0.4, -0.2) is 5.11 Å². The van der Waals surface area contributed by atoms with Gasteiger partial charge in [-0.3, -0.25) is 0 Å². The molecule has 0 unspecified atom stereocenters. The molecule has 4 heteroatoms. The summed E-state index contributed by atoms with van der Waals surface area (Å²) in [4.78, 5) is 0. The molecule has 2 aromatic carbocycles. The minimum atomic E-state index is -0.940. The van der Waals surface area contributed by atoms with Crippen LogP contribution in [0.15, 0.2) is 36.4 Å². The summed E-state index contributed by atoms with van der Waals surface area (Å²) in [6, 6.07) is 10.4. The molecule has 0 aliphatic carbocycles. The average Bonchev–Trinajstić information content (AvgIpc) is 2.42. The third-order valence-corrected chi connectivity index (χ3v) is 3.27. The van der Waals surface area contributed by atoms with Gasteiger partial charge < -0.3 is 10.4 Å². The van der Waals surface area contributed by atoms with E-state index < -0.39 is 17.4 Å². The highest BCUT2D eigenvalue weighted by Crippen LogP contribution is 2.22. The first-order chi connectivity index (χ1) is 9.47. The molecule has 0 aromatic heterocycles. The van der Waals surface area contributed by atoms with Gasteiger partial charge in [0.1, 0.15) is 0 Å². The lowest BCUT2D eigenvalue weighted by Crippen LogP contribution is -2.18. The number of phenols is 1. The monoisotopic (exact) mass is 277 g/mol. The standard InChI is InChI=1S/C16H17F2NO/c1-10-3-5-13(6-4-10)11(2)19-9-12-7-14(17)16(20)15(18)8-12/h3-8,11,19-20H,9H2,1-2H3/t11-/m0/s1. The Kier molecular flexibility index (Phi) is 4.35. The highest BCUT2D eigenvalue weighted by atomic mass is 19.1. The zero-order valence-corrected chi connectivity index (χ0v) is 11.5. The molecule has 106 valence electrons. The van der Waals surface area contributed by atoms with Crippen molar-refractivity contribution in [3.8, 4) is 5.75 Å². The lowest BCUT2D eigenvalue weighted by atomic mass is 10.1. The number of hydrogen-bond donors (Lipinski definition) is 2. The van der Waals surface area contributed by atoms with E-state index in [0.717, 1.165) is 17.7 Å². The molecule has 0 heterocycles. The van der Waals surface area contributed by atoms with Crippen molar-refractivity contribution in [2.75, 3.05) is 0 Å². The molecule has 2 N–H and O–H groups in total. The van der Waals surface area contributed by atoms with Gasteiger partial charge in [-0.1, -0.05) is 29.8 Å². The van der Waals surface area contributed by atoms with E-state index in [9.17, 15) is 8.78 Å².